The highest BCUT2D eigenvalue weighted by atomic mass is 19.1. The molecule has 3 fully saturated rings. The molecule has 1 aromatic carbocycles. The van der Waals surface area contributed by atoms with Crippen LogP contribution in [0.4, 0.5) is 10.2 Å². The Morgan fingerprint density at radius 3 is 2.57 bits per heavy atom. The summed E-state index contributed by atoms with van der Waals surface area (Å²) in [7, 11) is 2.02. The first kappa shape index (κ1) is 23.5. The zero-order chi connectivity index (χ0) is 25.7. The number of nitrogens with one attached hydrogen (secondary N) is 1. The number of halogens is 1. The lowest BCUT2D eigenvalue weighted by atomic mass is 9.97. The van der Waals surface area contributed by atoms with E-state index in [-0.39, 0.29) is 36.0 Å². The molecular formula is C26H28FN7O3. The molecule has 0 atom stereocenters. The minimum Gasteiger partial charge on any atom is -0.348 e. The van der Waals surface area contributed by atoms with Gasteiger partial charge in [0.05, 0.1) is 12.9 Å². The molecule has 2 aromatic heterocycles. The van der Waals surface area contributed by atoms with Crippen molar-refractivity contribution in [2.24, 2.45) is 5.41 Å². The van der Waals surface area contributed by atoms with Crippen molar-refractivity contribution in [3.05, 3.63) is 63.8 Å². The summed E-state index contributed by atoms with van der Waals surface area (Å²) in [5.74, 6) is -0.488. The van der Waals surface area contributed by atoms with Gasteiger partial charge < -0.3 is 15.1 Å². The Kier molecular flexibility index (Phi) is 5.67. The summed E-state index contributed by atoms with van der Waals surface area (Å²) in [5, 5.41) is 2.73. The number of rotatable bonds is 6. The zero-order valence-electron chi connectivity index (χ0n) is 20.6. The molecular weight excluding hydrogens is 477 g/mol. The van der Waals surface area contributed by atoms with Gasteiger partial charge in [-0.2, -0.15) is 0 Å². The fourth-order valence-electron chi connectivity index (χ4n) is 5.05. The number of fused-ring (bicyclic) bond motifs is 1. The van der Waals surface area contributed by atoms with Gasteiger partial charge in [0.1, 0.15) is 29.3 Å². The van der Waals surface area contributed by atoms with Crippen LogP contribution < -0.4 is 15.8 Å². The lowest BCUT2D eigenvalue weighted by Crippen LogP contribution is -2.53. The molecule has 3 aliphatic rings. The molecule has 0 unspecified atom stereocenters. The molecule has 10 nitrogen and oxygen atoms in total. The average molecular weight is 506 g/mol. The normalized spacial score (nSPS) is 18.3. The topological polar surface area (TPSA) is 104 Å². The lowest BCUT2D eigenvalue weighted by Gasteiger charge is -2.40. The molecule has 1 N–H and O–H groups in total. The fourth-order valence-corrected chi connectivity index (χ4v) is 5.05. The van der Waals surface area contributed by atoms with E-state index in [0.29, 0.717) is 42.1 Å². The van der Waals surface area contributed by atoms with Crippen molar-refractivity contribution < 1.29 is 14.0 Å². The van der Waals surface area contributed by atoms with E-state index in [4.69, 9.17) is 4.98 Å². The van der Waals surface area contributed by atoms with Gasteiger partial charge in [0.15, 0.2) is 5.65 Å². The van der Waals surface area contributed by atoms with Gasteiger partial charge >= 0.3 is 0 Å². The van der Waals surface area contributed by atoms with E-state index in [1.165, 1.54) is 22.8 Å². The maximum absolute atomic E-state index is 13.5. The van der Waals surface area contributed by atoms with Crippen molar-refractivity contribution in [1.82, 2.24) is 29.7 Å². The SMILES string of the molecule is CN1CCN(c2cnc3c(cc(C(=O)NCc4ccc(F)cc4)c(=O)n3CC(=O)N3CC4(CC4)C3)n2)C1. The number of carbonyl (C=O) groups excluding carboxylic acids is 2. The van der Waals surface area contributed by atoms with E-state index in [1.54, 1.807) is 23.2 Å². The monoisotopic (exact) mass is 505 g/mol. The maximum Gasteiger partial charge on any atom is 0.265 e. The fraction of sp³-hybridized carbons (Fsp3) is 0.423. The van der Waals surface area contributed by atoms with Crippen LogP contribution in [0.5, 0.6) is 0 Å². The van der Waals surface area contributed by atoms with E-state index in [1.807, 2.05) is 7.05 Å². The Labute approximate surface area is 212 Å². The van der Waals surface area contributed by atoms with Crippen LogP contribution in [0.1, 0.15) is 28.8 Å². The number of likely N-dealkylation sites (N-methyl/N-ethyl adjacent to an activating group) is 1. The lowest BCUT2D eigenvalue weighted by molar-refractivity contribution is -0.139. The summed E-state index contributed by atoms with van der Waals surface area (Å²) in [4.78, 5) is 54.8. The molecule has 192 valence electrons. The number of likely N-dealkylation sites (tertiary alicyclic amines) is 1. The number of carbonyl (C=O) groups is 2. The Balaban J connectivity index is 1.32. The number of amides is 2. The van der Waals surface area contributed by atoms with E-state index < -0.39 is 11.5 Å². The largest absolute Gasteiger partial charge is 0.348 e. The highest BCUT2D eigenvalue weighted by molar-refractivity contribution is 5.96. The average Bonchev–Trinajstić information content (AvgIpc) is 3.57. The minimum absolute atomic E-state index is 0.116. The summed E-state index contributed by atoms with van der Waals surface area (Å²) < 4.78 is 14.5. The Bertz CT molecular complexity index is 1440. The number of nitrogens with zero attached hydrogens (tertiary/aromatic N) is 6. The van der Waals surface area contributed by atoms with E-state index in [2.05, 4.69) is 20.1 Å². The second-order valence-corrected chi connectivity index (χ2v) is 10.4. The number of benzene rings is 1. The molecule has 11 heteroatoms. The van der Waals surface area contributed by atoms with Crippen LogP contribution in [-0.2, 0) is 17.9 Å². The number of aromatic nitrogens is 3. The second-order valence-electron chi connectivity index (χ2n) is 10.4. The third kappa shape index (κ3) is 4.55. The van der Waals surface area contributed by atoms with Crippen molar-refractivity contribution in [2.75, 3.05) is 44.8 Å². The highest BCUT2D eigenvalue weighted by Gasteiger charge is 2.53. The molecule has 2 amide bonds. The molecule has 2 saturated heterocycles. The first-order chi connectivity index (χ1) is 17.8. The molecule has 1 aliphatic carbocycles. The summed E-state index contributed by atoms with van der Waals surface area (Å²) >= 11 is 0. The first-order valence-corrected chi connectivity index (χ1v) is 12.4. The minimum atomic E-state index is -0.595. The smallest absolute Gasteiger partial charge is 0.265 e. The van der Waals surface area contributed by atoms with Crippen LogP contribution in [0.25, 0.3) is 11.2 Å². The van der Waals surface area contributed by atoms with Crippen molar-refractivity contribution in [1.29, 1.82) is 0 Å². The van der Waals surface area contributed by atoms with Gasteiger partial charge in [-0.3, -0.25) is 23.9 Å². The molecule has 3 aromatic rings. The Morgan fingerprint density at radius 2 is 1.89 bits per heavy atom. The zero-order valence-corrected chi connectivity index (χ0v) is 20.6. The van der Waals surface area contributed by atoms with Crippen LogP contribution in [0.15, 0.2) is 41.3 Å². The first-order valence-electron chi connectivity index (χ1n) is 12.4. The van der Waals surface area contributed by atoms with Gasteiger partial charge in [-0.25, -0.2) is 14.4 Å². The van der Waals surface area contributed by atoms with E-state index >= 15 is 0 Å². The van der Waals surface area contributed by atoms with E-state index in [0.717, 1.165) is 25.9 Å². The molecule has 1 saturated carbocycles. The molecule has 0 bridgehead atoms. The molecule has 1 spiro atoms. The molecule has 2 aliphatic heterocycles. The van der Waals surface area contributed by atoms with Gasteiger partial charge in [-0.05, 0) is 43.7 Å². The predicted molar refractivity (Wildman–Crippen MR) is 134 cm³/mol. The van der Waals surface area contributed by atoms with Crippen LogP contribution in [-0.4, -0.2) is 76.0 Å². The summed E-state index contributed by atoms with van der Waals surface area (Å²) in [6.07, 6.45) is 3.89. The number of pyridine rings is 1. The number of hydrogen-bond acceptors (Lipinski definition) is 7. The van der Waals surface area contributed by atoms with Gasteiger partial charge in [0, 0.05) is 38.1 Å². The van der Waals surface area contributed by atoms with Crippen molar-refractivity contribution in [2.45, 2.75) is 25.9 Å². The van der Waals surface area contributed by atoms with Crippen molar-refractivity contribution in [3.8, 4) is 0 Å². The number of hydrogen-bond donors (Lipinski definition) is 1. The maximum atomic E-state index is 13.5. The molecule has 4 heterocycles. The standard InChI is InChI=1S/C26H28FN7O3/c1-31-8-9-32(16-31)21-12-28-23-20(30-21)10-19(24(36)29-11-17-2-4-18(27)5-3-17)25(37)34(23)13-22(35)33-14-26(15-33)6-7-26/h2-5,10,12H,6-9,11,13-16H2,1H3,(H,29,36). The van der Waals surface area contributed by atoms with Crippen LogP contribution in [0.2, 0.25) is 0 Å². The van der Waals surface area contributed by atoms with Gasteiger partial charge in [-0.15, -0.1) is 0 Å². The highest BCUT2D eigenvalue weighted by Crippen LogP contribution is 2.52. The van der Waals surface area contributed by atoms with Crippen molar-refractivity contribution >= 4 is 28.8 Å². The van der Waals surface area contributed by atoms with Crippen LogP contribution in [0.3, 0.4) is 0 Å². The van der Waals surface area contributed by atoms with Gasteiger partial charge in [-0.1, -0.05) is 12.1 Å². The predicted octanol–water partition coefficient (Wildman–Crippen LogP) is 1.19. The van der Waals surface area contributed by atoms with Crippen LogP contribution >= 0.6 is 0 Å². The molecule has 0 radical (unpaired) electrons. The van der Waals surface area contributed by atoms with Gasteiger partial charge in [0.25, 0.3) is 11.5 Å². The second kappa shape index (κ2) is 8.91. The summed E-state index contributed by atoms with van der Waals surface area (Å²) in [5.41, 5.74) is 0.914. The summed E-state index contributed by atoms with van der Waals surface area (Å²) in [6, 6.07) is 7.20. The quantitative estimate of drug-likeness (QED) is 0.537. The molecule has 37 heavy (non-hydrogen) atoms. The Morgan fingerprint density at radius 1 is 1.14 bits per heavy atom. The van der Waals surface area contributed by atoms with Crippen molar-refractivity contribution in [3.63, 3.8) is 0 Å². The summed E-state index contributed by atoms with van der Waals surface area (Å²) in [6.45, 7) is 3.73. The van der Waals surface area contributed by atoms with Gasteiger partial charge in [0.2, 0.25) is 5.91 Å². The third-order valence-corrected chi connectivity index (χ3v) is 7.53. The third-order valence-electron chi connectivity index (χ3n) is 7.53. The van der Waals surface area contributed by atoms with Crippen LogP contribution in [0, 0.1) is 11.2 Å². The Hall–Kier alpha value is -3.86. The number of anilines is 1. The van der Waals surface area contributed by atoms with E-state index in [9.17, 15) is 18.8 Å². The molecule has 6 rings (SSSR count).